The molecule has 1 fully saturated rings. The number of carbonyl (C=O) groups excluding carboxylic acids is 2. The molecule has 0 unspecified atom stereocenters. The Hall–Kier alpha value is -3.42. The maximum absolute atomic E-state index is 14.0. The van der Waals surface area contributed by atoms with Crippen molar-refractivity contribution in [1.29, 1.82) is 0 Å². The molecule has 0 N–H and O–H groups in total. The quantitative estimate of drug-likeness (QED) is 0.596. The summed E-state index contributed by atoms with van der Waals surface area (Å²) in [4.78, 5) is 30.7. The van der Waals surface area contributed by atoms with Crippen molar-refractivity contribution >= 4 is 23.0 Å². The van der Waals surface area contributed by atoms with Gasteiger partial charge in [-0.2, -0.15) is 0 Å². The lowest BCUT2D eigenvalue weighted by atomic mass is 9.97. The first-order valence-corrected chi connectivity index (χ1v) is 9.69. The molecule has 156 valence electrons. The number of hydrogen-bond acceptors (Lipinski definition) is 6. The van der Waals surface area contributed by atoms with Crippen molar-refractivity contribution in [2.75, 3.05) is 26.8 Å². The maximum Gasteiger partial charge on any atom is 0.341 e. The molecule has 1 aliphatic rings. The van der Waals surface area contributed by atoms with Gasteiger partial charge in [-0.3, -0.25) is 4.79 Å². The Balaban J connectivity index is 1.29. The Kier molecular flexibility index (Phi) is 5.65. The van der Waals surface area contributed by atoms with Gasteiger partial charge in [0.1, 0.15) is 17.1 Å². The van der Waals surface area contributed by atoms with Crippen LogP contribution in [0.25, 0.3) is 11.1 Å². The number of likely N-dealkylation sites (tertiary alicyclic amines) is 1. The summed E-state index contributed by atoms with van der Waals surface area (Å²) in [6, 6.07) is 11.4. The van der Waals surface area contributed by atoms with E-state index in [4.69, 9.17) is 13.9 Å². The molecule has 0 atom stereocenters. The van der Waals surface area contributed by atoms with Gasteiger partial charge < -0.3 is 18.8 Å². The third kappa shape index (κ3) is 4.12. The molecule has 0 spiro atoms. The molecule has 3 aromatic rings. The average molecular weight is 412 g/mol. The van der Waals surface area contributed by atoms with Crippen LogP contribution in [-0.2, 0) is 9.53 Å². The van der Waals surface area contributed by atoms with Gasteiger partial charge in [0.2, 0.25) is 0 Å². The number of nitrogens with zero attached hydrogens (tertiary/aromatic N) is 2. The number of rotatable bonds is 5. The zero-order valence-electron chi connectivity index (χ0n) is 16.5. The number of carbonyl (C=O) groups is 2. The van der Waals surface area contributed by atoms with E-state index in [2.05, 4.69) is 4.98 Å². The van der Waals surface area contributed by atoms with E-state index in [1.807, 2.05) is 24.3 Å². The summed E-state index contributed by atoms with van der Waals surface area (Å²) in [6.45, 7) is 0.588. The fourth-order valence-corrected chi connectivity index (χ4v) is 3.53. The fraction of sp³-hybridized carbons (Fsp3) is 0.318. The predicted octanol–water partition coefficient (Wildman–Crippen LogP) is 3.54. The molecule has 8 heteroatoms. The minimum absolute atomic E-state index is 0.136. The van der Waals surface area contributed by atoms with E-state index in [-0.39, 0.29) is 17.4 Å². The van der Waals surface area contributed by atoms with Gasteiger partial charge in [-0.15, -0.1) is 0 Å². The summed E-state index contributed by atoms with van der Waals surface area (Å²) in [7, 11) is 1.40. The Morgan fingerprint density at radius 2 is 1.97 bits per heavy atom. The smallest absolute Gasteiger partial charge is 0.341 e. The Bertz CT molecular complexity index is 1040. The van der Waals surface area contributed by atoms with Crippen LogP contribution in [0.2, 0.25) is 0 Å². The first-order valence-electron chi connectivity index (χ1n) is 9.69. The summed E-state index contributed by atoms with van der Waals surface area (Å²) in [5.74, 6) is -0.840. The highest BCUT2D eigenvalue weighted by atomic mass is 19.1. The summed E-state index contributed by atoms with van der Waals surface area (Å²) in [5, 5.41) is 0. The number of para-hydroxylation sites is 2. The Labute approximate surface area is 172 Å². The number of oxazole rings is 1. The lowest BCUT2D eigenvalue weighted by Gasteiger charge is -2.30. The van der Waals surface area contributed by atoms with Crippen LogP contribution in [0.3, 0.4) is 0 Å². The molecular formula is C22H21FN2O5. The molecule has 0 bridgehead atoms. The van der Waals surface area contributed by atoms with Gasteiger partial charge in [0.05, 0.1) is 12.7 Å². The van der Waals surface area contributed by atoms with Crippen molar-refractivity contribution in [3.63, 3.8) is 0 Å². The van der Waals surface area contributed by atoms with E-state index in [9.17, 15) is 14.0 Å². The maximum atomic E-state index is 14.0. The van der Waals surface area contributed by atoms with Gasteiger partial charge in [-0.25, -0.2) is 14.2 Å². The van der Waals surface area contributed by atoms with Crippen molar-refractivity contribution in [3.8, 4) is 5.75 Å². The Morgan fingerprint density at radius 3 is 2.67 bits per heavy atom. The fourth-order valence-electron chi connectivity index (χ4n) is 3.53. The van der Waals surface area contributed by atoms with Crippen LogP contribution in [0.5, 0.6) is 5.75 Å². The Morgan fingerprint density at radius 1 is 1.20 bits per heavy atom. The van der Waals surface area contributed by atoms with Crippen LogP contribution >= 0.6 is 0 Å². The number of hydrogen-bond donors (Lipinski definition) is 0. The second kappa shape index (κ2) is 8.52. The molecule has 7 nitrogen and oxygen atoms in total. The molecular weight excluding hydrogens is 391 g/mol. The van der Waals surface area contributed by atoms with Crippen molar-refractivity contribution in [1.82, 2.24) is 9.88 Å². The highest BCUT2D eigenvalue weighted by Crippen LogP contribution is 2.30. The standard InChI is InChI=1S/C22H21FN2O5/c1-28-15-6-7-16(17(23)12-15)22(27)29-13-20(26)25-10-8-14(9-11-25)21-24-18-4-2-3-5-19(18)30-21/h2-7,12,14H,8-11,13H2,1H3. The molecule has 0 aliphatic carbocycles. The SMILES string of the molecule is COc1ccc(C(=O)OCC(=O)N2CCC(c3nc4ccccc4o3)CC2)c(F)c1. The normalized spacial score (nSPS) is 14.7. The third-order valence-electron chi connectivity index (χ3n) is 5.23. The monoisotopic (exact) mass is 412 g/mol. The van der Waals surface area contributed by atoms with Crippen LogP contribution in [0.4, 0.5) is 4.39 Å². The zero-order chi connectivity index (χ0) is 21.1. The second-order valence-corrected chi connectivity index (χ2v) is 7.10. The largest absolute Gasteiger partial charge is 0.497 e. The van der Waals surface area contributed by atoms with Crippen LogP contribution in [0.15, 0.2) is 46.9 Å². The zero-order valence-corrected chi connectivity index (χ0v) is 16.5. The number of aromatic nitrogens is 1. The van der Waals surface area contributed by atoms with Crippen molar-refractivity contribution < 1.29 is 27.9 Å². The number of amides is 1. The molecule has 4 rings (SSSR count). The molecule has 0 saturated carbocycles. The molecule has 2 heterocycles. The van der Waals surface area contributed by atoms with Crippen molar-refractivity contribution in [3.05, 3.63) is 59.7 Å². The lowest BCUT2D eigenvalue weighted by Crippen LogP contribution is -2.40. The number of halogens is 1. The molecule has 2 aromatic carbocycles. The lowest BCUT2D eigenvalue weighted by molar-refractivity contribution is -0.135. The van der Waals surface area contributed by atoms with E-state index in [0.29, 0.717) is 37.6 Å². The molecule has 30 heavy (non-hydrogen) atoms. The first kappa shape index (κ1) is 19.9. The van der Waals surface area contributed by atoms with E-state index in [1.54, 1.807) is 4.90 Å². The van der Waals surface area contributed by atoms with E-state index in [0.717, 1.165) is 17.2 Å². The van der Waals surface area contributed by atoms with Crippen LogP contribution < -0.4 is 4.74 Å². The second-order valence-electron chi connectivity index (χ2n) is 7.10. The summed E-state index contributed by atoms with van der Waals surface area (Å²) in [6.07, 6.45) is 1.42. The van der Waals surface area contributed by atoms with E-state index in [1.165, 1.54) is 19.2 Å². The average Bonchev–Trinajstić information content (AvgIpc) is 3.21. The topological polar surface area (TPSA) is 81.9 Å². The minimum atomic E-state index is -0.884. The van der Waals surface area contributed by atoms with E-state index < -0.39 is 18.4 Å². The van der Waals surface area contributed by atoms with Gasteiger partial charge >= 0.3 is 5.97 Å². The summed E-state index contributed by atoms with van der Waals surface area (Å²) in [5.41, 5.74) is 1.34. The predicted molar refractivity (Wildman–Crippen MR) is 106 cm³/mol. The number of ether oxygens (including phenoxy) is 2. The van der Waals surface area contributed by atoms with Gasteiger partial charge in [0.15, 0.2) is 18.1 Å². The number of piperidine rings is 1. The van der Waals surface area contributed by atoms with E-state index >= 15 is 0 Å². The first-order chi connectivity index (χ1) is 14.5. The summed E-state index contributed by atoms with van der Waals surface area (Å²) >= 11 is 0. The molecule has 1 aromatic heterocycles. The third-order valence-corrected chi connectivity index (χ3v) is 5.23. The highest BCUT2D eigenvalue weighted by molar-refractivity contribution is 5.91. The van der Waals surface area contributed by atoms with Crippen LogP contribution in [0, 0.1) is 5.82 Å². The van der Waals surface area contributed by atoms with Crippen LogP contribution in [0.1, 0.15) is 35.0 Å². The summed E-state index contributed by atoms with van der Waals surface area (Å²) < 4.78 is 29.7. The van der Waals surface area contributed by atoms with Crippen molar-refractivity contribution in [2.45, 2.75) is 18.8 Å². The molecule has 1 aliphatic heterocycles. The van der Waals surface area contributed by atoms with Gasteiger partial charge in [-0.1, -0.05) is 12.1 Å². The molecule has 0 radical (unpaired) electrons. The number of fused-ring (bicyclic) bond motifs is 1. The number of esters is 1. The number of methoxy groups -OCH3 is 1. The minimum Gasteiger partial charge on any atom is -0.497 e. The van der Waals surface area contributed by atoms with Crippen molar-refractivity contribution in [2.24, 2.45) is 0 Å². The molecule has 1 amide bonds. The van der Waals surface area contributed by atoms with Gasteiger partial charge in [0, 0.05) is 25.1 Å². The van der Waals surface area contributed by atoms with Gasteiger partial charge in [0.25, 0.3) is 5.91 Å². The highest BCUT2D eigenvalue weighted by Gasteiger charge is 2.27. The molecule has 1 saturated heterocycles. The number of benzene rings is 2. The van der Waals surface area contributed by atoms with Crippen LogP contribution in [-0.4, -0.2) is 48.6 Å². The van der Waals surface area contributed by atoms with Gasteiger partial charge in [-0.05, 0) is 37.1 Å².